The van der Waals surface area contributed by atoms with Crippen LogP contribution in [0.25, 0.3) is 0 Å². The molecule has 0 bridgehead atoms. The number of carbonyl (C=O) groups is 1. The van der Waals surface area contributed by atoms with Gasteiger partial charge in [-0.3, -0.25) is 10.1 Å². The highest BCUT2D eigenvalue weighted by Crippen LogP contribution is 2.14. The molecule has 0 spiro atoms. The van der Waals surface area contributed by atoms with Crippen LogP contribution >= 0.6 is 22.6 Å². The van der Waals surface area contributed by atoms with Crippen LogP contribution in [-0.4, -0.2) is 21.1 Å². The first-order valence-corrected chi connectivity index (χ1v) is 5.65. The van der Waals surface area contributed by atoms with Crippen molar-refractivity contribution < 1.29 is 9.18 Å². The maximum atomic E-state index is 12.9. The molecule has 1 aromatic carbocycles. The minimum Gasteiger partial charge on any atom is -0.289 e. The second kappa shape index (κ2) is 5.13. The fraction of sp³-hybridized carbons (Fsp3) is 0. The first kappa shape index (κ1) is 11.8. The van der Waals surface area contributed by atoms with E-state index in [4.69, 9.17) is 0 Å². The van der Waals surface area contributed by atoms with Gasteiger partial charge in [-0.05, 0) is 40.8 Å². The first-order valence-electron chi connectivity index (χ1n) is 4.57. The molecule has 0 aliphatic heterocycles. The fourth-order valence-electron chi connectivity index (χ4n) is 1.15. The van der Waals surface area contributed by atoms with Crippen LogP contribution in [0, 0.1) is 9.39 Å². The molecule has 17 heavy (non-hydrogen) atoms. The van der Waals surface area contributed by atoms with Gasteiger partial charge in [-0.2, -0.15) is 5.10 Å². The number of rotatable bonds is 2. The van der Waals surface area contributed by atoms with E-state index < -0.39 is 5.91 Å². The van der Waals surface area contributed by atoms with E-state index in [2.05, 4.69) is 20.5 Å². The molecule has 0 radical (unpaired) electrons. The summed E-state index contributed by atoms with van der Waals surface area (Å²) in [6.45, 7) is 0. The van der Waals surface area contributed by atoms with Gasteiger partial charge in [-0.1, -0.05) is 0 Å². The predicted molar refractivity (Wildman–Crippen MR) is 66.9 cm³/mol. The molecule has 0 aliphatic rings. The molecular formula is C10H6FIN4O. The number of benzene rings is 1. The third-order valence-corrected chi connectivity index (χ3v) is 2.78. The van der Waals surface area contributed by atoms with Gasteiger partial charge in [0.2, 0.25) is 5.95 Å². The van der Waals surface area contributed by atoms with Crippen LogP contribution in [0.15, 0.2) is 30.6 Å². The van der Waals surface area contributed by atoms with Crippen LogP contribution in [0.2, 0.25) is 0 Å². The second-order valence-electron chi connectivity index (χ2n) is 3.04. The molecule has 1 N–H and O–H groups in total. The summed E-state index contributed by atoms with van der Waals surface area (Å²) in [5.41, 5.74) is 0.361. The Labute approximate surface area is 110 Å². The van der Waals surface area contributed by atoms with E-state index in [0.29, 0.717) is 9.13 Å². The highest BCUT2D eigenvalue weighted by molar-refractivity contribution is 14.1. The number of halogens is 2. The Morgan fingerprint density at radius 3 is 2.82 bits per heavy atom. The third-order valence-electron chi connectivity index (χ3n) is 1.88. The molecule has 1 amide bonds. The zero-order chi connectivity index (χ0) is 12.3. The van der Waals surface area contributed by atoms with Gasteiger partial charge in [0.25, 0.3) is 5.91 Å². The topological polar surface area (TPSA) is 67.8 Å². The minimum atomic E-state index is -0.401. The van der Waals surface area contributed by atoms with Crippen molar-refractivity contribution in [2.75, 3.05) is 5.32 Å². The Bertz CT molecular complexity index is 549. The summed E-state index contributed by atoms with van der Waals surface area (Å²) in [6, 6.07) is 3.91. The fourth-order valence-corrected chi connectivity index (χ4v) is 1.87. The number of anilines is 1. The van der Waals surface area contributed by atoms with Crippen molar-refractivity contribution in [2.24, 2.45) is 0 Å². The van der Waals surface area contributed by atoms with Gasteiger partial charge in [-0.15, -0.1) is 5.10 Å². The molecule has 7 heteroatoms. The standard InChI is InChI=1S/C10H6FIN4O/c11-6-1-2-7(8(12)5-6)9(17)15-10-13-3-4-14-16-10/h1-5H,(H,13,15,16,17). The van der Waals surface area contributed by atoms with Crippen LogP contribution in [0.5, 0.6) is 0 Å². The summed E-state index contributed by atoms with van der Waals surface area (Å²) in [6.07, 6.45) is 2.82. The van der Waals surface area contributed by atoms with Gasteiger partial charge >= 0.3 is 0 Å². The Balaban J connectivity index is 2.21. The number of nitrogens with one attached hydrogen (secondary N) is 1. The van der Waals surface area contributed by atoms with Crippen molar-refractivity contribution in [2.45, 2.75) is 0 Å². The van der Waals surface area contributed by atoms with Crippen LogP contribution in [0.3, 0.4) is 0 Å². The number of amides is 1. The quantitative estimate of drug-likeness (QED) is 0.845. The van der Waals surface area contributed by atoms with Crippen molar-refractivity contribution in [3.63, 3.8) is 0 Å². The molecule has 0 saturated heterocycles. The number of hydrogen-bond donors (Lipinski definition) is 1. The van der Waals surface area contributed by atoms with Gasteiger partial charge in [0.1, 0.15) is 5.82 Å². The average Bonchev–Trinajstić information content (AvgIpc) is 2.30. The minimum absolute atomic E-state index is 0.109. The molecule has 2 aromatic rings. The number of hydrogen-bond acceptors (Lipinski definition) is 4. The molecular weight excluding hydrogens is 338 g/mol. The predicted octanol–water partition coefficient (Wildman–Crippen LogP) is 1.87. The highest BCUT2D eigenvalue weighted by Gasteiger charge is 2.11. The first-order chi connectivity index (χ1) is 8.16. The largest absolute Gasteiger partial charge is 0.289 e. The van der Waals surface area contributed by atoms with Crippen molar-refractivity contribution in [3.8, 4) is 0 Å². The van der Waals surface area contributed by atoms with E-state index in [-0.39, 0.29) is 11.8 Å². The lowest BCUT2D eigenvalue weighted by Crippen LogP contribution is -2.15. The van der Waals surface area contributed by atoms with Crippen LogP contribution in [-0.2, 0) is 0 Å². The molecule has 5 nitrogen and oxygen atoms in total. The molecule has 0 fully saturated rings. The van der Waals surface area contributed by atoms with Crippen molar-refractivity contribution in [1.29, 1.82) is 0 Å². The molecule has 0 aliphatic carbocycles. The van der Waals surface area contributed by atoms with Gasteiger partial charge < -0.3 is 0 Å². The lowest BCUT2D eigenvalue weighted by Gasteiger charge is -2.04. The second-order valence-corrected chi connectivity index (χ2v) is 4.21. The third kappa shape index (κ3) is 2.93. The van der Waals surface area contributed by atoms with Crippen LogP contribution in [0.1, 0.15) is 10.4 Å². The van der Waals surface area contributed by atoms with Gasteiger partial charge in [-0.25, -0.2) is 9.37 Å². The Hall–Kier alpha value is -1.64. The SMILES string of the molecule is O=C(Nc1nccnn1)c1ccc(F)cc1I. The maximum Gasteiger partial charge on any atom is 0.259 e. The van der Waals surface area contributed by atoms with E-state index in [1.807, 2.05) is 22.6 Å². The summed E-state index contributed by atoms with van der Waals surface area (Å²) < 4.78 is 13.4. The van der Waals surface area contributed by atoms with E-state index in [1.54, 1.807) is 0 Å². The maximum absolute atomic E-state index is 12.9. The van der Waals surface area contributed by atoms with Crippen LogP contribution < -0.4 is 5.32 Å². The van der Waals surface area contributed by atoms with Crippen molar-refractivity contribution >= 4 is 34.4 Å². The summed E-state index contributed by atoms with van der Waals surface area (Å²) in [7, 11) is 0. The summed E-state index contributed by atoms with van der Waals surface area (Å²) in [5, 5.41) is 9.67. The normalized spacial score (nSPS) is 10.0. The number of aromatic nitrogens is 3. The van der Waals surface area contributed by atoms with Gasteiger partial charge in [0, 0.05) is 3.57 Å². The molecule has 1 heterocycles. The lowest BCUT2D eigenvalue weighted by molar-refractivity contribution is 0.102. The lowest BCUT2D eigenvalue weighted by atomic mass is 10.2. The molecule has 2 rings (SSSR count). The highest BCUT2D eigenvalue weighted by atomic mass is 127. The monoisotopic (exact) mass is 344 g/mol. The molecule has 86 valence electrons. The Morgan fingerprint density at radius 1 is 1.35 bits per heavy atom. The van der Waals surface area contributed by atoms with E-state index in [0.717, 1.165) is 0 Å². The number of nitrogens with zero attached hydrogens (tertiary/aromatic N) is 3. The van der Waals surface area contributed by atoms with E-state index >= 15 is 0 Å². The molecule has 0 saturated carbocycles. The van der Waals surface area contributed by atoms with Crippen molar-refractivity contribution in [1.82, 2.24) is 15.2 Å². The van der Waals surface area contributed by atoms with E-state index in [9.17, 15) is 9.18 Å². The van der Waals surface area contributed by atoms with Gasteiger partial charge in [0.05, 0.1) is 18.0 Å². The summed E-state index contributed by atoms with van der Waals surface area (Å²) >= 11 is 1.89. The van der Waals surface area contributed by atoms with E-state index in [1.165, 1.54) is 30.6 Å². The number of carbonyl (C=O) groups excluding carboxylic acids is 1. The zero-order valence-electron chi connectivity index (χ0n) is 8.39. The Kier molecular flexibility index (Phi) is 3.57. The van der Waals surface area contributed by atoms with Crippen LogP contribution in [0.4, 0.5) is 10.3 Å². The van der Waals surface area contributed by atoms with Gasteiger partial charge in [0.15, 0.2) is 0 Å². The molecule has 0 atom stereocenters. The summed E-state index contributed by atoms with van der Waals surface area (Å²) in [4.78, 5) is 15.6. The Morgan fingerprint density at radius 2 is 2.18 bits per heavy atom. The molecule has 0 unspecified atom stereocenters. The van der Waals surface area contributed by atoms with Crippen molar-refractivity contribution in [3.05, 3.63) is 45.5 Å². The zero-order valence-corrected chi connectivity index (χ0v) is 10.6. The average molecular weight is 344 g/mol. The smallest absolute Gasteiger partial charge is 0.259 e. The molecule has 1 aromatic heterocycles. The summed E-state index contributed by atoms with van der Waals surface area (Å²) in [5.74, 6) is -0.677.